The summed E-state index contributed by atoms with van der Waals surface area (Å²) < 4.78 is 43.3. The second-order valence-electron chi connectivity index (χ2n) is 16.7. The van der Waals surface area contributed by atoms with Crippen molar-refractivity contribution >= 4 is 12.4 Å². The minimum absolute atomic E-state index is 0.0245. The van der Waals surface area contributed by atoms with Crippen molar-refractivity contribution in [1.29, 1.82) is 0 Å². The van der Waals surface area contributed by atoms with Crippen molar-refractivity contribution in [2.75, 3.05) is 34.8 Å². The number of aliphatic hydroxyl groups excluding tert-OH is 2. The number of nitrogens with one attached hydrogen (secondary N) is 1. The molecule has 16 atom stereocenters. The van der Waals surface area contributed by atoms with Gasteiger partial charge in [-0.05, 0) is 101 Å². The third kappa shape index (κ3) is 12.5. The van der Waals surface area contributed by atoms with Crippen molar-refractivity contribution in [2.24, 2.45) is 17.8 Å². The van der Waals surface area contributed by atoms with Gasteiger partial charge >= 0.3 is 5.97 Å². The average molecular weight is 763 g/mol. The van der Waals surface area contributed by atoms with Gasteiger partial charge < -0.3 is 58.7 Å². The number of methoxy groups -OCH3 is 1. The summed E-state index contributed by atoms with van der Waals surface area (Å²) >= 11 is 0. The molecule has 4 N–H and O–H groups in total. The molecule has 0 saturated carbocycles. The summed E-state index contributed by atoms with van der Waals surface area (Å²) in [5.41, 5.74) is -3.55. The van der Waals surface area contributed by atoms with E-state index in [1.54, 1.807) is 41.7 Å². The largest absolute Gasteiger partial charge is 0.458 e. The molecule has 0 aromatic rings. The average Bonchev–Trinajstić information content (AvgIpc) is 3.07. The summed E-state index contributed by atoms with van der Waals surface area (Å²) in [5, 5.41) is 37.9. The lowest BCUT2D eigenvalue weighted by Crippen LogP contribution is -2.60. The summed E-state index contributed by atoms with van der Waals surface area (Å²) in [6, 6.07) is -0.259. The van der Waals surface area contributed by atoms with E-state index < -0.39 is 77.7 Å². The Morgan fingerprint density at radius 2 is 1.72 bits per heavy atom. The highest BCUT2D eigenvalue weighted by Crippen LogP contribution is 2.39. The SMILES string of the molecule is CC[C@@H](O)[C@](C)(OC=O)[C@@H](CC)OC(=O)[C@H](C)[C@@H](OC1C[C@@](C)(OC)C[C@H](C)O1)[C@H](C)[C@@H](OC1O[C@H](C)C[C@H](N(C)C)[C@H]1O)[C@](C)(O)C[C@@H](C)CNC. The molecule has 0 bridgehead atoms. The van der Waals surface area contributed by atoms with Gasteiger partial charge in [0.25, 0.3) is 6.47 Å². The van der Waals surface area contributed by atoms with Crippen molar-refractivity contribution in [3.63, 3.8) is 0 Å². The number of esters is 1. The van der Waals surface area contributed by atoms with Gasteiger partial charge in [-0.3, -0.25) is 9.59 Å². The van der Waals surface area contributed by atoms with Crippen LogP contribution in [0.3, 0.4) is 0 Å². The van der Waals surface area contributed by atoms with Crippen LogP contribution in [-0.2, 0) is 42.7 Å². The Morgan fingerprint density at radius 1 is 1.08 bits per heavy atom. The molecule has 0 spiro atoms. The van der Waals surface area contributed by atoms with Crippen LogP contribution in [0.4, 0.5) is 0 Å². The van der Waals surface area contributed by atoms with E-state index in [4.69, 9.17) is 33.2 Å². The lowest BCUT2D eigenvalue weighted by atomic mass is 9.77. The number of hydrogen-bond donors (Lipinski definition) is 4. The fourth-order valence-electron chi connectivity index (χ4n) is 8.43. The Hall–Kier alpha value is -1.46. The van der Waals surface area contributed by atoms with Gasteiger partial charge in [0.2, 0.25) is 0 Å². The highest BCUT2D eigenvalue weighted by Gasteiger charge is 2.51. The van der Waals surface area contributed by atoms with Crippen LogP contribution in [-0.4, -0.2) is 146 Å². The zero-order valence-electron chi connectivity index (χ0n) is 35.0. The first-order valence-corrected chi connectivity index (χ1v) is 19.5. The Labute approximate surface area is 318 Å². The van der Waals surface area contributed by atoms with Crippen LogP contribution < -0.4 is 5.32 Å². The van der Waals surface area contributed by atoms with Crippen LogP contribution in [0.15, 0.2) is 0 Å². The van der Waals surface area contributed by atoms with Crippen molar-refractivity contribution in [2.45, 2.75) is 186 Å². The number of likely N-dealkylation sites (N-methyl/N-ethyl adjacent to an activating group) is 1. The Balaban J connectivity index is 2.67. The van der Waals surface area contributed by atoms with Crippen LogP contribution in [0.25, 0.3) is 0 Å². The fourth-order valence-corrected chi connectivity index (χ4v) is 8.43. The van der Waals surface area contributed by atoms with E-state index in [9.17, 15) is 24.9 Å². The number of carbonyl (C=O) groups is 2. The van der Waals surface area contributed by atoms with E-state index in [-0.39, 0.29) is 43.5 Å². The minimum Gasteiger partial charge on any atom is -0.458 e. The molecule has 0 amide bonds. The number of carbonyl (C=O) groups excluding carboxylic acids is 2. The molecule has 0 aromatic heterocycles. The van der Waals surface area contributed by atoms with E-state index in [1.807, 2.05) is 60.7 Å². The zero-order valence-corrected chi connectivity index (χ0v) is 35.0. The smallest absolute Gasteiger partial charge is 0.311 e. The summed E-state index contributed by atoms with van der Waals surface area (Å²) in [7, 11) is 7.28. The van der Waals surface area contributed by atoms with Crippen molar-refractivity contribution in [1.82, 2.24) is 10.2 Å². The number of ether oxygens (including phenoxy) is 7. The predicted octanol–water partition coefficient (Wildman–Crippen LogP) is 3.41. The minimum atomic E-state index is -1.50. The number of rotatable bonds is 22. The molecule has 2 unspecified atom stereocenters. The molecule has 53 heavy (non-hydrogen) atoms. The first-order valence-electron chi connectivity index (χ1n) is 19.5. The second kappa shape index (κ2) is 20.6. The molecule has 2 fully saturated rings. The second-order valence-corrected chi connectivity index (χ2v) is 16.7. The van der Waals surface area contributed by atoms with Crippen molar-refractivity contribution in [3.05, 3.63) is 0 Å². The summed E-state index contributed by atoms with van der Waals surface area (Å²) in [6.07, 6.45) is -5.00. The monoisotopic (exact) mass is 763 g/mol. The zero-order chi connectivity index (χ0) is 40.5. The van der Waals surface area contributed by atoms with Gasteiger partial charge in [-0.1, -0.05) is 27.7 Å². The molecule has 2 rings (SSSR count). The number of hydrogen-bond acceptors (Lipinski definition) is 14. The molecule has 14 heteroatoms. The number of aliphatic hydroxyl groups is 3. The van der Waals surface area contributed by atoms with Gasteiger partial charge in [0.15, 0.2) is 18.2 Å². The maximum atomic E-state index is 14.3. The topological polar surface area (TPSA) is 175 Å². The van der Waals surface area contributed by atoms with E-state index in [0.717, 1.165) is 0 Å². The molecule has 0 aliphatic carbocycles. The molecule has 2 aliphatic rings. The molecular formula is C39H74N2O12. The third-order valence-corrected chi connectivity index (χ3v) is 11.5. The molecule has 2 saturated heterocycles. The van der Waals surface area contributed by atoms with Crippen molar-refractivity contribution in [3.8, 4) is 0 Å². The molecule has 2 heterocycles. The Kier molecular flexibility index (Phi) is 18.6. The van der Waals surface area contributed by atoms with E-state index in [2.05, 4.69) is 5.32 Å². The summed E-state index contributed by atoms with van der Waals surface area (Å²) in [5.74, 6) is -2.33. The molecule has 0 radical (unpaired) electrons. The first-order chi connectivity index (χ1) is 24.6. The number of nitrogens with zero attached hydrogens (tertiary/aromatic N) is 1. The summed E-state index contributed by atoms with van der Waals surface area (Å²) in [4.78, 5) is 27.8. The van der Waals surface area contributed by atoms with Crippen LogP contribution in [0.1, 0.15) is 108 Å². The van der Waals surface area contributed by atoms with Crippen molar-refractivity contribution < 1.29 is 58.1 Å². The maximum Gasteiger partial charge on any atom is 0.311 e. The van der Waals surface area contributed by atoms with Gasteiger partial charge in [0, 0.05) is 31.9 Å². The Morgan fingerprint density at radius 3 is 2.25 bits per heavy atom. The van der Waals surface area contributed by atoms with Gasteiger partial charge in [0.05, 0.1) is 47.6 Å². The molecule has 0 aromatic carbocycles. The predicted molar refractivity (Wildman–Crippen MR) is 200 cm³/mol. The van der Waals surface area contributed by atoms with Crippen LogP contribution >= 0.6 is 0 Å². The third-order valence-electron chi connectivity index (χ3n) is 11.5. The normalized spacial score (nSPS) is 33.0. The fraction of sp³-hybridized carbons (Fsp3) is 0.949. The van der Waals surface area contributed by atoms with Gasteiger partial charge in [-0.15, -0.1) is 0 Å². The van der Waals surface area contributed by atoms with Gasteiger partial charge in [0.1, 0.15) is 12.2 Å². The maximum absolute atomic E-state index is 14.3. The standard InChI is InChI=1S/C39H74N2O12/c1-15-29(43)39(10,48-22-42)30(16-2)51-35(45)27(7)33(52-31-20-37(8,47-14)19-25(5)49-31)26(6)34(38(9,46)18-23(3)21-40-11)53-36-32(44)28(41(12)13)17-24(4)50-36/h22-34,36,40,43-44,46H,15-21H2,1-14H3/t23-,24-,25+,26+,27-,28+,29-,30-,31?,32-,33+,34-,36?,37+,38-,39+/m1/s1. The molecule has 312 valence electrons. The van der Waals surface area contributed by atoms with Crippen LogP contribution in [0.5, 0.6) is 0 Å². The van der Waals surface area contributed by atoms with Gasteiger partial charge in [-0.25, -0.2) is 0 Å². The van der Waals surface area contributed by atoms with E-state index >= 15 is 0 Å². The molecule has 2 aliphatic heterocycles. The van der Waals surface area contributed by atoms with Crippen LogP contribution in [0.2, 0.25) is 0 Å². The quantitative estimate of drug-likeness (QED) is 0.0933. The summed E-state index contributed by atoms with van der Waals surface area (Å²) in [6.45, 7) is 19.1. The highest BCUT2D eigenvalue weighted by molar-refractivity contribution is 5.73. The lowest BCUT2D eigenvalue weighted by Gasteiger charge is -2.48. The Bertz CT molecular complexity index is 1110. The molecular weight excluding hydrogens is 688 g/mol. The first kappa shape index (κ1) is 47.7. The molecule has 14 nitrogen and oxygen atoms in total. The van der Waals surface area contributed by atoms with Gasteiger partial charge in [-0.2, -0.15) is 0 Å². The highest BCUT2D eigenvalue weighted by atomic mass is 16.7. The van der Waals surface area contributed by atoms with E-state index in [1.165, 1.54) is 0 Å². The van der Waals surface area contributed by atoms with Crippen LogP contribution in [0, 0.1) is 17.8 Å². The van der Waals surface area contributed by atoms with E-state index in [0.29, 0.717) is 32.2 Å². The lowest BCUT2D eigenvalue weighted by molar-refractivity contribution is -0.310.